The number of rotatable bonds is 5. The Morgan fingerprint density at radius 2 is 1.94 bits per heavy atom. The van der Waals surface area contributed by atoms with E-state index in [2.05, 4.69) is 10.2 Å². The normalized spacial score (nSPS) is 23.3. The lowest BCUT2D eigenvalue weighted by Crippen LogP contribution is -2.45. The first-order valence-electron chi connectivity index (χ1n) is 6.39. The molecule has 16 heavy (non-hydrogen) atoms. The summed E-state index contributed by atoms with van der Waals surface area (Å²) in [6.45, 7) is 2.32. The Hall–Kier alpha value is -0.280. The van der Waals surface area contributed by atoms with Crippen molar-refractivity contribution in [2.45, 2.75) is 50.6 Å². The fraction of sp³-hybridized carbons (Fsp3) is 0.917. The van der Waals surface area contributed by atoms with Gasteiger partial charge < -0.3 is 10.2 Å². The van der Waals surface area contributed by atoms with Crippen LogP contribution in [0.25, 0.3) is 0 Å². The van der Waals surface area contributed by atoms with Crippen LogP contribution in [0.1, 0.15) is 38.5 Å². The molecule has 0 atom stereocenters. The molecular formula is C12H21ClN2O. The van der Waals surface area contributed by atoms with E-state index in [0.29, 0.717) is 18.3 Å². The topological polar surface area (TPSA) is 32.3 Å². The van der Waals surface area contributed by atoms with Crippen LogP contribution in [-0.2, 0) is 4.79 Å². The van der Waals surface area contributed by atoms with Gasteiger partial charge in [0.2, 0.25) is 5.91 Å². The van der Waals surface area contributed by atoms with Gasteiger partial charge in [-0.3, -0.25) is 4.79 Å². The number of hydrogen-bond donors (Lipinski definition) is 1. The molecular weight excluding hydrogens is 224 g/mol. The monoisotopic (exact) mass is 244 g/mol. The van der Waals surface area contributed by atoms with Crippen LogP contribution in [0.5, 0.6) is 0 Å². The lowest BCUT2D eigenvalue weighted by molar-refractivity contribution is -0.122. The van der Waals surface area contributed by atoms with Gasteiger partial charge >= 0.3 is 0 Å². The van der Waals surface area contributed by atoms with E-state index in [1.807, 2.05) is 0 Å². The number of amides is 1. The van der Waals surface area contributed by atoms with Gasteiger partial charge in [0.05, 0.1) is 0 Å². The summed E-state index contributed by atoms with van der Waals surface area (Å²) in [6.07, 6.45) is 6.35. The molecule has 1 saturated heterocycles. The molecule has 2 fully saturated rings. The molecule has 0 unspecified atom stereocenters. The van der Waals surface area contributed by atoms with E-state index in [1.54, 1.807) is 0 Å². The number of carbonyl (C=O) groups excluding carboxylic acids is 1. The molecule has 4 heteroatoms. The van der Waals surface area contributed by atoms with E-state index in [4.69, 9.17) is 11.6 Å². The maximum absolute atomic E-state index is 11.5. The highest BCUT2D eigenvalue weighted by atomic mass is 35.5. The Kier molecular flexibility index (Phi) is 4.47. The van der Waals surface area contributed by atoms with Gasteiger partial charge in [-0.05, 0) is 32.1 Å². The maximum atomic E-state index is 11.5. The molecule has 0 aromatic heterocycles. The quantitative estimate of drug-likeness (QED) is 0.748. The molecule has 3 nitrogen and oxygen atoms in total. The Labute approximate surface area is 103 Å². The summed E-state index contributed by atoms with van der Waals surface area (Å²) >= 11 is 5.56. The molecule has 2 rings (SSSR count). The minimum absolute atomic E-state index is 0.172. The second-order valence-corrected chi connectivity index (χ2v) is 5.28. The second kappa shape index (κ2) is 5.87. The van der Waals surface area contributed by atoms with Gasteiger partial charge in [0.25, 0.3) is 0 Å². The maximum Gasteiger partial charge on any atom is 0.220 e. The molecule has 1 aliphatic heterocycles. The molecule has 0 bridgehead atoms. The summed E-state index contributed by atoms with van der Waals surface area (Å²) < 4.78 is 0. The highest BCUT2D eigenvalue weighted by Gasteiger charge is 2.31. The third-order valence-corrected chi connectivity index (χ3v) is 3.76. The average Bonchev–Trinajstić information content (AvgIpc) is 3.11. The van der Waals surface area contributed by atoms with Gasteiger partial charge in [-0.25, -0.2) is 0 Å². The van der Waals surface area contributed by atoms with E-state index < -0.39 is 0 Å². The number of piperidine rings is 1. The van der Waals surface area contributed by atoms with Gasteiger partial charge in [-0.15, -0.1) is 11.6 Å². The zero-order valence-electron chi connectivity index (χ0n) is 9.75. The van der Waals surface area contributed by atoms with E-state index in [-0.39, 0.29) is 5.91 Å². The first-order valence-corrected chi connectivity index (χ1v) is 6.92. The SMILES string of the molecule is O=C(CCCCl)NC1CCN(C2CC2)CC1. The van der Waals surface area contributed by atoms with Crippen LogP contribution in [0.3, 0.4) is 0 Å². The Morgan fingerprint density at radius 3 is 2.50 bits per heavy atom. The molecule has 2 aliphatic rings. The van der Waals surface area contributed by atoms with Crippen LogP contribution >= 0.6 is 11.6 Å². The number of nitrogens with one attached hydrogen (secondary N) is 1. The summed E-state index contributed by atoms with van der Waals surface area (Å²) in [5.74, 6) is 0.749. The number of alkyl halides is 1. The predicted octanol–water partition coefficient (Wildman–Crippen LogP) is 1.75. The highest BCUT2D eigenvalue weighted by molar-refractivity contribution is 6.17. The van der Waals surface area contributed by atoms with Crippen LogP contribution in [0.2, 0.25) is 0 Å². The van der Waals surface area contributed by atoms with Gasteiger partial charge in [-0.2, -0.15) is 0 Å². The van der Waals surface area contributed by atoms with E-state index in [9.17, 15) is 4.79 Å². The zero-order chi connectivity index (χ0) is 11.4. The Balaban J connectivity index is 1.62. The molecule has 1 amide bonds. The smallest absolute Gasteiger partial charge is 0.220 e. The minimum atomic E-state index is 0.172. The van der Waals surface area contributed by atoms with Crippen molar-refractivity contribution in [3.05, 3.63) is 0 Å². The Morgan fingerprint density at radius 1 is 1.25 bits per heavy atom. The molecule has 0 radical (unpaired) electrons. The highest BCUT2D eigenvalue weighted by Crippen LogP contribution is 2.29. The number of halogens is 1. The summed E-state index contributed by atoms with van der Waals surface area (Å²) in [5.41, 5.74) is 0. The predicted molar refractivity (Wildman–Crippen MR) is 65.7 cm³/mol. The lowest BCUT2D eigenvalue weighted by atomic mass is 10.0. The average molecular weight is 245 g/mol. The standard InChI is InChI=1S/C12H21ClN2O/c13-7-1-2-12(16)14-10-5-8-15(9-6-10)11-3-4-11/h10-11H,1-9H2,(H,14,16). The molecule has 1 N–H and O–H groups in total. The fourth-order valence-corrected chi connectivity index (χ4v) is 2.51. The van der Waals surface area contributed by atoms with Gasteiger partial charge in [-0.1, -0.05) is 0 Å². The van der Waals surface area contributed by atoms with Crippen LogP contribution < -0.4 is 5.32 Å². The Bertz CT molecular complexity index is 235. The number of nitrogens with zero attached hydrogens (tertiary/aromatic N) is 1. The van der Waals surface area contributed by atoms with Crippen molar-refractivity contribution in [1.29, 1.82) is 0 Å². The molecule has 1 saturated carbocycles. The van der Waals surface area contributed by atoms with Crippen LogP contribution in [0.4, 0.5) is 0 Å². The van der Waals surface area contributed by atoms with E-state index >= 15 is 0 Å². The number of likely N-dealkylation sites (tertiary alicyclic amines) is 1. The third-order valence-electron chi connectivity index (χ3n) is 3.50. The molecule has 1 heterocycles. The summed E-state index contributed by atoms with van der Waals surface area (Å²) in [6, 6.07) is 1.27. The molecule has 0 aromatic rings. The third kappa shape index (κ3) is 3.63. The van der Waals surface area contributed by atoms with Crippen molar-refractivity contribution in [2.75, 3.05) is 19.0 Å². The minimum Gasteiger partial charge on any atom is -0.353 e. The van der Waals surface area contributed by atoms with Crippen molar-refractivity contribution < 1.29 is 4.79 Å². The first-order chi connectivity index (χ1) is 7.79. The van der Waals surface area contributed by atoms with E-state index in [1.165, 1.54) is 12.8 Å². The van der Waals surface area contributed by atoms with Gasteiger partial charge in [0.1, 0.15) is 0 Å². The fourth-order valence-electron chi connectivity index (χ4n) is 2.38. The summed E-state index contributed by atoms with van der Waals surface area (Å²) in [7, 11) is 0. The van der Waals surface area contributed by atoms with E-state index in [0.717, 1.165) is 38.4 Å². The van der Waals surface area contributed by atoms with Crippen LogP contribution in [0, 0.1) is 0 Å². The summed E-state index contributed by atoms with van der Waals surface area (Å²) in [5, 5.41) is 3.11. The van der Waals surface area contributed by atoms with Gasteiger partial charge in [0.15, 0.2) is 0 Å². The molecule has 0 aromatic carbocycles. The largest absolute Gasteiger partial charge is 0.353 e. The van der Waals surface area contributed by atoms with Crippen molar-refractivity contribution in [3.8, 4) is 0 Å². The molecule has 0 spiro atoms. The van der Waals surface area contributed by atoms with Crippen molar-refractivity contribution in [1.82, 2.24) is 10.2 Å². The number of hydrogen-bond acceptors (Lipinski definition) is 2. The first kappa shape index (κ1) is 12.2. The number of carbonyl (C=O) groups is 1. The van der Waals surface area contributed by atoms with Crippen LogP contribution in [0.15, 0.2) is 0 Å². The van der Waals surface area contributed by atoms with Crippen molar-refractivity contribution in [3.63, 3.8) is 0 Å². The van der Waals surface area contributed by atoms with Gasteiger partial charge in [0, 0.05) is 37.5 Å². The van der Waals surface area contributed by atoms with Crippen molar-refractivity contribution >= 4 is 17.5 Å². The van der Waals surface area contributed by atoms with Crippen LogP contribution in [-0.4, -0.2) is 41.9 Å². The lowest BCUT2D eigenvalue weighted by Gasteiger charge is -2.32. The summed E-state index contributed by atoms with van der Waals surface area (Å²) in [4.78, 5) is 14.1. The molecule has 1 aliphatic carbocycles. The van der Waals surface area contributed by atoms with Crippen molar-refractivity contribution in [2.24, 2.45) is 0 Å². The molecule has 92 valence electrons. The second-order valence-electron chi connectivity index (χ2n) is 4.90. The zero-order valence-corrected chi connectivity index (χ0v) is 10.5.